The molecule has 0 amide bonds. The highest BCUT2D eigenvalue weighted by molar-refractivity contribution is 6.03. The van der Waals surface area contributed by atoms with Crippen molar-refractivity contribution in [1.29, 1.82) is 0 Å². The zero-order chi connectivity index (χ0) is 21.9. The summed E-state index contributed by atoms with van der Waals surface area (Å²) >= 11 is 0. The lowest BCUT2D eigenvalue weighted by molar-refractivity contribution is 0.310. The lowest BCUT2D eigenvalue weighted by Crippen LogP contribution is -2.11. The van der Waals surface area contributed by atoms with Gasteiger partial charge in [-0.15, -0.1) is 0 Å². The van der Waals surface area contributed by atoms with E-state index in [1.54, 1.807) is 0 Å². The fourth-order valence-electron chi connectivity index (χ4n) is 3.99. The second-order valence-corrected chi connectivity index (χ2v) is 7.76. The number of ether oxygens (including phenoxy) is 1. The van der Waals surface area contributed by atoms with E-state index in [1.807, 2.05) is 73.3 Å². The van der Waals surface area contributed by atoms with Gasteiger partial charge in [-0.25, -0.2) is 4.52 Å². The van der Waals surface area contributed by atoms with E-state index >= 15 is 0 Å². The van der Waals surface area contributed by atoms with E-state index in [0.717, 1.165) is 63.3 Å². The fraction of sp³-hybridized carbons (Fsp3) is 0.192. The lowest BCUT2D eigenvalue weighted by atomic mass is 9.98. The minimum atomic E-state index is 0.670. The summed E-state index contributed by atoms with van der Waals surface area (Å²) in [6.45, 7) is 3.60. The Balaban J connectivity index is 1.65. The van der Waals surface area contributed by atoms with Gasteiger partial charge in [0.1, 0.15) is 11.4 Å². The SMILES string of the molecule is CNCCCOc1ccc2c(-c3c(-c4cccc(C)n4)nn4ccccc34)ccnc2c1. The van der Waals surface area contributed by atoms with Gasteiger partial charge in [0.2, 0.25) is 0 Å². The Morgan fingerprint density at radius 3 is 2.84 bits per heavy atom. The number of benzene rings is 1. The highest BCUT2D eigenvalue weighted by atomic mass is 16.5. The Labute approximate surface area is 186 Å². The molecular formula is C26H25N5O. The molecule has 1 N–H and O–H groups in total. The molecule has 0 fully saturated rings. The first-order chi connectivity index (χ1) is 15.7. The van der Waals surface area contributed by atoms with Crippen molar-refractivity contribution >= 4 is 16.4 Å². The van der Waals surface area contributed by atoms with Crippen molar-refractivity contribution in [3.8, 4) is 28.3 Å². The largest absolute Gasteiger partial charge is 0.493 e. The van der Waals surface area contributed by atoms with Crippen LogP contribution in [-0.2, 0) is 0 Å². The summed E-state index contributed by atoms with van der Waals surface area (Å²) in [6, 6.07) is 20.3. The molecule has 32 heavy (non-hydrogen) atoms. The molecule has 0 aliphatic carbocycles. The molecule has 1 aromatic carbocycles. The lowest BCUT2D eigenvalue weighted by Gasteiger charge is -2.10. The monoisotopic (exact) mass is 423 g/mol. The molecule has 0 spiro atoms. The van der Waals surface area contributed by atoms with Crippen molar-refractivity contribution in [2.45, 2.75) is 13.3 Å². The van der Waals surface area contributed by atoms with Gasteiger partial charge in [-0.3, -0.25) is 9.97 Å². The molecule has 0 radical (unpaired) electrons. The maximum atomic E-state index is 5.92. The second-order valence-electron chi connectivity index (χ2n) is 7.76. The van der Waals surface area contributed by atoms with Crippen LogP contribution in [0, 0.1) is 6.92 Å². The van der Waals surface area contributed by atoms with Gasteiger partial charge in [0, 0.05) is 35.1 Å². The minimum Gasteiger partial charge on any atom is -0.493 e. The maximum absolute atomic E-state index is 5.92. The standard InChI is InChI=1S/C26H25N5O/c1-18-7-5-8-22(29-18)26-25(24-9-3-4-15-31(24)30-26)21-12-14-28-23-17-19(10-11-20(21)23)32-16-6-13-27-2/h3-5,7-12,14-15,17,27H,6,13,16H2,1-2H3. The highest BCUT2D eigenvalue weighted by Gasteiger charge is 2.19. The van der Waals surface area contributed by atoms with Gasteiger partial charge in [0.25, 0.3) is 0 Å². The molecule has 5 rings (SSSR count). The minimum absolute atomic E-state index is 0.670. The van der Waals surface area contributed by atoms with E-state index < -0.39 is 0 Å². The predicted octanol–water partition coefficient (Wildman–Crippen LogP) is 4.91. The highest BCUT2D eigenvalue weighted by Crippen LogP contribution is 2.38. The fourth-order valence-corrected chi connectivity index (χ4v) is 3.99. The summed E-state index contributed by atoms with van der Waals surface area (Å²) in [5.74, 6) is 0.832. The normalized spacial score (nSPS) is 11.3. The van der Waals surface area contributed by atoms with Gasteiger partial charge in [0.15, 0.2) is 0 Å². The van der Waals surface area contributed by atoms with E-state index in [2.05, 4.69) is 28.5 Å². The predicted molar refractivity (Wildman–Crippen MR) is 128 cm³/mol. The van der Waals surface area contributed by atoms with Crippen molar-refractivity contribution in [1.82, 2.24) is 24.9 Å². The summed E-state index contributed by atoms with van der Waals surface area (Å²) < 4.78 is 7.83. The third-order valence-electron chi connectivity index (χ3n) is 5.49. The molecule has 0 bridgehead atoms. The Morgan fingerprint density at radius 1 is 1.03 bits per heavy atom. The van der Waals surface area contributed by atoms with Crippen LogP contribution in [0.3, 0.4) is 0 Å². The van der Waals surface area contributed by atoms with Gasteiger partial charge in [0.05, 0.1) is 23.3 Å². The third kappa shape index (κ3) is 3.81. The van der Waals surface area contributed by atoms with Crippen LogP contribution in [0.2, 0.25) is 0 Å². The first-order valence-electron chi connectivity index (χ1n) is 10.8. The summed E-state index contributed by atoms with van der Waals surface area (Å²) in [6.07, 6.45) is 4.78. The molecule has 5 aromatic rings. The van der Waals surface area contributed by atoms with Crippen molar-refractivity contribution in [3.05, 3.63) is 78.8 Å². The number of nitrogens with zero attached hydrogens (tertiary/aromatic N) is 4. The van der Waals surface area contributed by atoms with Gasteiger partial charge < -0.3 is 10.1 Å². The molecule has 0 unspecified atom stereocenters. The molecule has 0 aliphatic rings. The molecule has 6 heteroatoms. The Kier molecular flexibility index (Phi) is 5.52. The van der Waals surface area contributed by atoms with Crippen LogP contribution in [0.5, 0.6) is 5.75 Å². The molecule has 0 saturated carbocycles. The smallest absolute Gasteiger partial charge is 0.121 e. The zero-order valence-electron chi connectivity index (χ0n) is 18.2. The Bertz CT molecular complexity index is 1390. The van der Waals surface area contributed by atoms with Crippen molar-refractivity contribution < 1.29 is 4.74 Å². The average molecular weight is 424 g/mol. The Hall–Kier alpha value is -3.77. The van der Waals surface area contributed by atoms with E-state index in [0.29, 0.717) is 6.61 Å². The molecule has 0 atom stereocenters. The quantitative estimate of drug-likeness (QED) is 0.377. The van der Waals surface area contributed by atoms with Gasteiger partial charge in [-0.05, 0) is 75.0 Å². The molecular weight excluding hydrogens is 398 g/mol. The zero-order valence-corrected chi connectivity index (χ0v) is 18.2. The number of fused-ring (bicyclic) bond motifs is 2. The number of pyridine rings is 3. The summed E-state index contributed by atoms with van der Waals surface area (Å²) in [5.41, 5.74) is 6.75. The van der Waals surface area contributed by atoms with Crippen LogP contribution in [-0.4, -0.2) is 39.8 Å². The first-order valence-corrected chi connectivity index (χ1v) is 10.8. The number of aryl methyl sites for hydroxylation is 1. The number of aromatic nitrogens is 4. The number of nitrogens with one attached hydrogen (secondary N) is 1. The average Bonchev–Trinajstić information content (AvgIpc) is 3.21. The van der Waals surface area contributed by atoms with Crippen LogP contribution < -0.4 is 10.1 Å². The number of hydrogen-bond acceptors (Lipinski definition) is 5. The van der Waals surface area contributed by atoms with E-state index in [9.17, 15) is 0 Å². The maximum Gasteiger partial charge on any atom is 0.121 e. The van der Waals surface area contributed by atoms with Crippen LogP contribution >= 0.6 is 0 Å². The summed E-state index contributed by atoms with van der Waals surface area (Å²) in [4.78, 5) is 9.37. The van der Waals surface area contributed by atoms with Crippen LogP contribution in [0.25, 0.3) is 38.9 Å². The third-order valence-corrected chi connectivity index (χ3v) is 5.49. The molecule has 0 aliphatic heterocycles. The van der Waals surface area contributed by atoms with Crippen molar-refractivity contribution in [2.75, 3.05) is 20.2 Å². The summed E-state index contributed by atoms with van der Waals surface area (Å²) in [7, 11) is 1.95. The van der Waals surface area contributed by atoms with E-state index in [1.165, 1.54) is 0 Å². The van der Waals surface area contributed by atoms with Gasteiger partial charge >= 0.3 is 0 Å². The molecule has 4 aromatic heterocycles. The van der Waals surface area contributed by atoms with Gasteiger partial charge in [-0.2, -0.15) is 5.10 Å². The van der Waals surface area contributed by atoms with E-state index in [4.69, 9.17) is 14.8 Å². The molecule has 4 heterocycles. The van der Waals surface area contributed by atoms with Crippen LogP contribution in [0.1, 0.15) is 12.1 Å². The van der Waals surface area contributed by atoms with Crippen LogP contribution in [0.15, 0.2) is 73.1 Å². The first kappa shape index (κ1) is 20.2. The van der Waals surface area contributed by atoms with Gasteiger partial charge in [-0.1, -0.05) is 12.1 Å². The van der Waals surface area contributed by atoms with E-state index in [-0.39, 0.29) is 0 Å². The molecule has 6 nitrogen and oxygen atoms in total. The topological polar surface area (TPSA) is 64.3 Å². The molecule has 160 valence electrons. The van der Waals surface area contributed by atoms with Crippen molar-refractivity contribution in [3.63, 3.8) is 0 Å². The Morgan fingerprint density at radius 2 is 1.97 bits per heavy atom. The number of rotatable bonds is 7. The van der Waals surface area contributed by atoms with Crippen LogP contribution in [0.4, 0.5) is 0 Å². The molecule has 0 saturated heterocycles. The number of hydrogen-bond donors (Lipinski definition) is 1. The van der Waals surface area contributed by atoms with Crippen molar-refractivity contribution in [2.24, 2.45) is 0 Å². The second kappa shape index (κ2) is 8.77. The summed E-state index contributed by atoms with van der Waals surface area (Å²) in [5, 5.41) is 9.08.